The van der Waals surface area contributed by atoms with E-state index in [1.165, 1.54) is 12.1 Å². The van der Waals surface area contributed by atoms with Crippen LogP contribution in [0.25, 0.3) is 0 Å². The fourth-order valence-electron chi connectivity index (χ4n) is 1.46. The van der Waals surface area contributed by atoms with Crippen LogP contribution in [0.15, 0.2) is 18.2 Å². The molecule has 1 atom stereocenters. The molecule has 1 rings (SSSR count). The highest BCUT2D eigenvalue weighted by Gasteiger charge is 2.13. The molecule has 0 saturated carbocycles. The molecule has 5 heteroatoms. The number of para-hydroxylation sites is 1. The first-order valence-electron chi connectivity index (χ1n) is 6.03. The Morgan fingerprint density at radius 1 is 1.50 bits per heavy atom. The van der Waals surface area contributed by atoms with Crippen molar-refractivity contribution in [2.45, 2.75) is 32.9 Å². The van der Waals surface area contributed by atoms with Crippen LogP contribution in [0.1, 0.15) is 25.8 Å². The standard InChI is InChI=1S/C13H19FN2O2/c1-3-7-15-13(18)9(2)16-8-10-5-4-6-11(14)12(10)17/h4-6,9,16-17H,3,7-8H2,1-2H3,(H,15,18). The second-order valence-electron chi connectivity index (χ2n) is 4.14. The normalized spacial score (nSPS) is 12.2. The average molecular weight is 254 g/mol. The van der Waals surface area contributed by atoms with Crippen molar-refractivity contribution in [3.8, 4) is 5.75 Å². The summed E-state index contributed by atoms with van der Waals surface area (Å²) in [6, 6.07) is 3.94. The van der Waals surface area contributed by atoms with Crippen molar-refractivity contribution in [1.82, 2.24) is 10.6 Å². The van der Waals surface area contributed by atoms with Gasteiger partial charge in [0.25, 0.3) is 0 Å². The van der Waals surface area contributed by atoms with Crippen molar-refractivity contribution in [3.63, 3.8) is 0 Å². The van der Waals surface area contributed by atoms with Crippen LogP contribution in [-0.2, 0) is 11.3 Å². The number of halogens is 1. The van der Waals surface area contributed by atoms with Gasteiger partial charge in [0.15, 0.2) is 11.6 Å². The van der Waals surface area contributed by atoms with Gasteiger partial charge >= 0.3 is 0 Å². The number of nitrogens with one attached hydrogen (secondary N) is 2. The molecule has 0 aliphatic carbocycles. The molecule has 3 N–H and O–H groups in total. The fourth-order valence-corrected chi connectivity index (χ4v) is 1.46. The molecule has 0 radical (unpaired) electrons. The smallest absolute Gasteiger partial charge is 0.236 e. The van der Waals surface area contributed by atoms with E-state index in [2.05, 4.69) is 10.6 Å². The van der Waals surface area contributed by atoms with Gasteiger partial charge in [0.2, 0.25) is 5.91 Å². The Kier molecular flexibility index (Phi) is 5.58. The molecule has 0 spiro atoms. The van der Waals surface area contributed by atoms with Crippen LogP contribution in [0, 0.1) is 5.82 Å². The molecule has 1 aromatic carbocycles. The predicted octanol–water partition coefficient (Wildman–Crippen LogP) is 1.54. The molecule has 0 aliphatic rings. The van der Waals surface area contributed by atoms with Crippen LogP contribution in [0.4, 0.5) is 4.39 Å². The van der Waals surface area contributed by atoms with Crippen LogP contribution in [0.3, 0.4) is 0 Å². The lowest BCUT2D eigenvalue weighted by atomic mass is 10.2. The topological polar surface area (TPSA) is 61.4 Å². The number of amides is 1. The second-order valence-corrected chi connectivity index (χ2v) is 4.14. The van der Waals surface area contributed by atoms with Crippen LogP contribution in [0.5, 0.6) is 5.75 Å². The SMILES string of the molecule is CCCNC(=O)C(C)NCc1cccc(F)c1O. The molecule has 4 nitrogen and oxygen atoms in total. The van der Waals surface area contributed by atoms with Gasteiger partial charge in [0.05, 0.1) is 6.04 Å². The zero-order valence-electron chi connectivity index (χ0n) is 10.7. The number of benzene rings is 1. The van der Waals surface area contributed by atoms with Crippen LogP contribution in [-0.4, -0.2) is 23.6 Å². The van der Waals surface area contributed by atoms with Gasteiger partial charge in [-0.2, -0.15) is 0 Å². The van der Waals surface area contributed by atoms with Gasteiger partial charge in [-0.15, -0.1) is 0 Å². The van der Waals surface area contributed by atoms with Gasteiger partial charge in [-0.1, -0.05) is 19.1 Å². The Morgan fingerprint density at radius 3 is 2.89 bits per heavy atom. The van der Waals surface area contributed by atoms with Crippen molar-refractivity contribution in [3.05, 3.63) is 29.6 Å². The average Bonchev–Trinajstić information content (AvgIpc) is 2.37. The molecule has 0 bridgehead atoms. The molecule has 1 unspecified atom stereocenters. The Balaban J connectivity index is 2.49. The van der Waals surface area contributed by atoms with Gasteiger partial charge in [0.1, 0.15) is 0 Å². The van der Waals surface area contributed by atoms with Crippen LogP contribution in [0.2, 0.25) is 0 Å². The van der Waals surface area contributed by atoms with Gasteiger partial charge in [-0.3, -0.25) is 4.79 Å². The van der Waals surface area contributed by atoms with Crippen molar-refractivity contribution in [2.75, 3.05) is 6.54 Å². The first-order chi connectivity index (χ1) is 8.56. The third kappa shape index (κ3) is 4.00. The van der Waals surface area contributed by atoms with E-state index in [1.807, 2.05) is 6.92 Å². The summed E-state index contributed by atoms with van der Waals surface area (Å²) in [5, 5.41) is 15.2. The minimum absolute atomic E-state index is 0.104. The number of hydrogen-bond acceptors (Lipinski definition) is 3. The maximum atomic E-state index is 13.1. The highest BCUT2D eigenvalue weighted by Crippen LogP contribution is 2.20. The second kappa shape index (κ2) is 6.96. The number of rotatable bonds is 6. The molecule has 100 valence electrons. The number of carbonyl (C=O) groups excluding carboxylic acids is 1. The maximum absolute atomic E-state index is 13.1. The lowest BCUT2D eigenvalue weighted by Crippen LogP contribution is -2.42. The molecular weight excluding hydrogens is 235 g/mol. The van der Waals surface area contributed by atoms with Crippen molar-refractivity contribution >= 4 is 5.91 Å². The van der Waals surface area contributed by atoms with Crippen molar-refractivity contribution in [1.29, 1.82) is 0 Å². The van der Waals surface area contributed by atoms with Gasteiger partial charge < -0.3 is 15.7 Å². The van der Waals surface area contributed by atoms with Gasteiger partial charge in [-0.25, -0.2) is 4.39 Å². The molecular formula is C13H19FN2O2. The molecule has 0 fully saturated rings. The zero-order chi connectivity index (χ0) is 13.5. The molecule has 0 saturated heterocycles. The van der Waals surface area contributed by atoms with Crippen LogP contribution >= 0.6 is 0 Å². The monoisotopic (exact) mass is 254 g/mol. The number of carbonyl (C=O) groups is 1. The van der Waals surface area contributed by atoms with E-state index in [0.717, 1.165) is 6.42 Å². The van der Waals surface area contributed by atoms with Crippen molar-refractivity contribution < 1.29 is 14.3 Å². The fraction of sp³-hybridized carbons (Fsp3) is 0.462. The summed E-state index contributed by atoms with van der Waals surface area (Å²) in [5.41, 5.74) is 0.435. The van der Waals surface area contributed by atoms with E-state index in [1.54, 1.807) is 13.0 Å². The van der Waals surface area contributed by atoms with Crippen molar-refractivity contribution in [2.24, 2.45) is 0 Å². The predicted molar refractivity (Wildman–Crippen MR) is 67.7 cm³/mol. The van der Waals surface area contributed by atoms with E-state index in [4.69, 9.17) is 0 Å². The Hall–Kier alpha value is -1.62. The summed E-state index contributed by atoms with van der Waals surface area (Å²) >= 11 is 0. The first kappa shape index (κ1) is 14.4. The minimum atomic E-state index is -0.655. The van der Waals surface area contributed by atoms with E-state index >= 15 is 0 Å². The number of phenolic OH excluding ortho intramolecular Hbond substituents is 1. The summed E-state index contributed by atoms with van der Waals surface area (Å²) in [4.78, 5) is 11.6. The molecule has 0 aliphatic heterocycles. The first-order valence-corrected chi connectivity index (χ1v) is 6.03. The van der Waals surface area contributed by atoms with Gasteiger partial charge in [-0.05, 0) is 19.4 Å². The molecule has 0 heterocycles. The molecule has 1 amide bonds. The zero-order valence-corrected chi connectivity index (χ0v) is 10.7. The van der Waals surface area contributed by atoms with Gasteiger partial charge in [0, 0.05) is 18.7 Å². The van der Waals surface area contributed by atoms with E-state index in [0.29, 0.717) is 12.1 Å². The molecule has 18 heavy (non-hydrogen) atoms. The highest BCUT2D eigenvalue weighted by molar-refractivity contribution is 5.81. The maximum Gasteiger partial charge on any atom is 0.236 e. The Morgan fingerprint density at radius 2 is 2.22 bits per heavy atom. The van der Waals surface area contributed by atoms with E-state index in [9.17, 15) is 14.3 Å². The number of phenols is 1. The number of aromatic hydroxyl groups is 1. The number of hydrogen-bond donors (Lipinski definition) is 3. The Bertz CT molecular complexity index is 410. The van der Waals surface area contributed by atoms with Crippen LogP contribution < -0.4 is 10.6 Å². The quantitative estimate of drug-likeness (QED) is 0.721. The summed E-state index contributed by atoms with van der Waals surface area (Å²) in [6.45, 7) is 4.57. The third-order valence-corrected chi connectivity index (χ3v) is 2.61. The summed E-state index contributed by atoms with van der Waals surface area (Å²) < 4.78 is 13.1. The lowest BCUT2D eigenvalue weighted by molar-refractivity contribution is -0.122. The summed E-state index contributed by atoms with van der Waals surface area (Å²) in [5.74, 6) is -1.13. The molecule has 0 aromatic heterocycles. The third-order valence-electron chi connectivity index (χ3n) is 2.61. The van der Waals surface area contributed by atoms with E-state index < -0.39 is 5.82 Å². The largest absolute Gasteiger partial charge is 0.505 e. The summed E-state index contributed by atoms with van der Waals surface area (Å²) in [7, 11) is 0. The minimum Gasteiger partial charge on any atom is -0.505 e. The molecule has 1 aromatic rings. The Labute approximate surface area is 106 Å². The highest BCUT2D eigenvalue weighted by atomic mass is 19.1. The van der Waals surface area contributed by atoms with E-state index in [-0.39, 0.29) is 24.2 Å². The lowest BCUT2D eigenvalue weighted by Gasteiger charge is -2.14. The summed E-state index contributed by atoms with van der Waals surface area (Å²) in [6.07, 6.45) is 0.878.